The van der Waals surface area contributed by atoms with Gasteiger partial charge in [0.1, 0.15) is 6.10 Å². The molecule has 1 aromatic carbocycles. The van der Waals surface area contributed by atoms with Crippen LogP contribution in [0.4, 0.5) is 4.79 Å². The highest BCUT2D eigenvalue weighted by molar-refractivity contribution is 5.70. The SMILES string of the molecule is O=C1O[C@H](c2ccccc2)CN1C1CCCCC1. The van der Waals surface area contributed by atoms with Crippen molar-refractivity contribution in [2.45, 2.75) is 44.2 Å². The molecule has 0 aromatic heterocycles. The van der Waals surface area contributed by atoms with Crippen molar-refractivity contribution >= 4 is 6.09 Å². The fourth-order valence-corrected chi connectivity index (χ4v) is 3.01. The summed E-state index contributed by atoms with van der Waals surface area (Å²) in [6.07, 6.45) is 5.85. The van der Waals surface area contributed by atoms with Crippen molar-refractivity contribution in [1.29, 1.82) is 0 Å². The van der Waals surface area contributed by atoms with E-state index in [4.69, 9.17) is 4.74 Å². The van der Waals surface area contributed by atoms with Gasteiger partial charge in [0.05, 0.1) is 6.54 Å². The zero-order chi connectivity index (χ0) is 12.4. The molecule has 1 heterocycles. The maximum Gasteiger partial charge on any atom is 0.410 e. The first-order valence-corrected chi connectivity index (χ1v) is 6.87. The van der Waals surface area contributed by atoms with Gasteiger partial charge in [-0.1, -0.05) is 49.6 Å². The van der Waals surface area contributed by atoms with Gasteiger partial charge < -0.3 is 9.64 Å². The van der Waals surface area contributed by atoms with Gasteiger partial charge in [0, 0.05) is 6.04 Å². The number of ether oxygens (including phenoxy) is 1. The van der Waals surface area contributed by atoms with E-state index >= 15 is 0 Å². The van der Waals surface area contributed by atoms with Crippen molar-refractivity contribution in [3.05, 3.63) is 35.9 Å². The number of hydrogen-bond acceptors (Lipinski definition) is 2. The molecule has 96 valence electrons. The quantitative estimate of drug-likeness (QED) is 0.798. The molecule has 2 aliphatic rings. The summed E-state index contributed by atoms with van der Waals surface area (Å²) >= 11 is 0. The zero-order valence-corrected chi connectivity index (χ0v) is 10.5. The van der Waals surface area contributed by atoms with Crippen LogP contribution in [0.3, 0.4) is 0 Å². The average Bonchev–Trinajstić information content (AvgIpc) is 2.83. The summed E-state index contributed by atoms with van der Waals surface area (Å²) in [5.41, 5.74) is 1.10. The van der Waals surface area contributed by atoms with Crippen LogP contribution in [0, 0.1) is 0 Å². The van der Waals surface area contributed by atoms with E-state index in [2.05, 4.69) is 0 Å². The van der Waals surface area contributed by atoms with E-state index in [0.717, 1.165) is 18.4 Å². The second-order valence-corrected chi connectivity index (χ2v) is 5.23. The van der Waals surface area contributed by atoms with Crippen LogP contribution in [-0.2, 0) is 4.74 Å². The summed E-state index contributed by atoms with van der Waals surface area (Å²) in [5.74, 6) is 0. The molecule has 1 amide bonds. The molecule has 3 nitrogen and oxygen atoms in total. The lowest BCUT2D eigenvalue weighted by molar-refractivity contribution is 0.124. The van der Waals surface area contributed by atoms with E-state index in [1.54, 1.807) is 0 Å². The van der Waals surface area contributed by atoms with Gasteiger partial charge in [-0.05, 0) is 18.4 Å². The summed E-state index contributed by atoms with van der Waals surface area (Å²) in [7, 11) is 0. The minimum absolute atomic E-state index is 0.0828. The van der Waals surface area contributed by atoms with Crippen LogP contribution in [0.25, 0.3) is 0 Å². The number of nitrogens with zero attached hydrogens (tertiary/aromatic N) is 1. The van der Waals surface area contributed by atoms with Gasteiger partial charge in [0.2, 0.25) is 0 Å². The number of carbonyl (C=O) groups excluding carboxylic acids is 1. The number of benzene rings is 1. The van der Waals surface area contributed by atoms with Crippen molar-refractivity contribution in [3.63, 3.8) is 0 Å². The van der Waals surface area contributed by atoms with Gasteiger partial charge in [-0.25, -0.2) is 4.79 Å². The summed E-state index contributed by atoms with van der Waals surface area (Å²) in [5, 5.41) is 0. The monoisotopic (exact) mass is 245 g/mol. The number of amides is 1. The van der Waals surface area contributed by atoms with Gasteiger partial charge in [0.25, 0.3) is 0 Å². The van der Waals surface area contributed by atoms with Crippen LogP contribution >= 0.6 is 0 Å². The summed E-state index contributed by atoms with van der Waals surface area (Å²) < 4.78 is 5.50. The fourth-order valence-electron chi connectivity index (χ4n) is 3.01. The minimum Gasteiger partial charge on any atom is -0.439 e. The molecular weight excluding hydrogens is 226 g/mol. The van der Waals surface area contributed by atoms with E-state index in [1.807, 2.05) is 35.2 Å². The first kappa shape index (κ1) is 11.6. The highest BCUT2D eigenvalue weighted by Crippen LogP contribution is 2.31. The predicted octanol–water partition coefficient (Wildman–Crippen LogP) is 3.51. The minimum atomic E-state index is -0.129. The van der Waals surface area contributed by atoms with Crippen LogP contribution < -0.4 is 0 Å². The molecule has 1 aliphatic carbocycles. The standard InChI is InChI=1S/C15H19NO2/c17-15-16(13-9-5-2-6-10-13)11-14(18-15)12-7-3-1-4-8-12/h1,3-4,7-8,13-14H,2,5-6,9-11H2/t14-/m0/s1. The van der Waals surface area contributed by atoms with Crippen LogP contribution in [-0.4, -0.2) is 23.6 Å². The second-order valence-electron chi connectivity index (χ2n) is 5.23. The van der Waals surface area contributed by atoms with Crippen LogP contribution in [0.15, 0.2) is 30.3 Å². The van der Waals surface area contributed by atoms with Crippen LogP contribution in [0.2, 0.25) is 0 Å². The van der Waals surface area contributed by atoms with Gasteiger partial charge in [-0.15, -0.1) is 0 Å². The Bertz CT molecular complexity index is 412. The van der Waals surface area contributed by atoms with Crippen molar-refractivity contribution < 1.29 is 9.53 Å². The van der Waals surface area contributed by atoms with Crippen LogP contribution in [0.1, 0.15) is 43.8 Å². The van der Waals surface area contributed by atoms with E-state index in [0.29, 0.717) is 12.6 Å². The Morgan fingerprint density at radius 3 is 2.50 bits per heavy atom. The fraction of sp³-hybridized carbons (Fsp3) is 0.533. The van der Waals surface area contributed by atoms with Gasteiger partial charge in [0.15, 0.2) is 0 Å². The Labute approximate surface area is 108 Å². The molecule has 1 aliphatic heterocycles. The largest absolute Gasteiger partial charge is 0.439 e. The van der Waals surface area contributed by atoms with Gasteiger partial charge >= 0.3 is 6.09 Å². The Balaban J connectivity index is 1.70. The number of rotatable bonds is 2. The number of cyclic esters (lactones) is 1. The molecule has 18 heavy (non-hydrogen) atoms. The molecule has 1 aromatic rings. The Morgan fingerprint density at radius 1 is 1.06 bits per heavy atom. The van der Waals surface area contributed by atoms with E-state index < -0.39 is 0 Å². The maximum absolute atomic E-state index is 12.0. The molecular formula is C15H19NO2. The third kappa shape index (κ3) is 2.22. The van der Waals surface area contributed by atoms with Crippen LogP contribution in [0.5, 0.6) is 0 Å². The summed E-state index contributed by atoms with van der Waals surface area (Å²) in [4.78, 5) is 13.9. The van der Waals surface area contributed by atoms with E-state index in [9.17, 15) is 4.79 Å². The molecule has 0 spiro atoms. The Morgan fingerprint density at radius 2 is 1.78 bits per heavy atom. The highest BCUT2D eigenvalue weighted by Gasteiger charge is 2.36. The number of carbonyl (C=O) groups is 1. The molecule has 2 fully saturated rings. The maximum atomic E-state index is 12.0. The molecule has 1 saturated heterocycles. The lowest BCUT2D eigenvalue weighted by Gasteiger charge is -2.28. The first-order chi connectivity index (χ1) is 8.84. The topological polar surface area (TPSA) is 29.5 Å². The lowest BCUT2D eigenvalue weighted by Crippen LogP contribution is -2.37. The molecule has 0 N–H and O–H groups in total. The summed E-state index contributed by atoms with van der Waals surface area (Å²) in [6.45, 7) is 0.716. The van der Waals surface area contributed by atoms with Gasteiger partial charge in [-0.2, -0.15) is 0 Å². The molecule has 0 bridgehead atoms. The first-order valence-electron chi connectivity index (χ1n) is 6.87. The lowest BCUT2D eigenvalue weighted by atomic mass is 9.94. The molecule has 1 atom stereocenters. The Hall–Kier alpha value is -1.51. The summed E-state index contributed by atoms with van der Waals surface area (Å²) in [6, 6.07) is 10.4. The van der Waals surface area contributed by atoms with Crippen molar-refractivity contribution in [1.82, 2.24) is 4.90 Å². The third-order valence-electron chi connectivity index (χ3n) is 4.03. The predicted molar refractivity (Wildman–Crippen MR) is 69.2 cm³/mol. The van der Waals surface area contributed by atoms with Crippen molar-refractivity contribution in [2.75, 3.05) is 6.54 Å². The third-order valence-corrected chi connectivity index (χ3v) is 4.03. The molecule has 3 heteroatoms. The molecule has 0 unspecified atom stereocenters. The zero-order valence-electron chi connectivity index (χ0n) is 10.5. The molecule has 3 rings (SSSR count). The van der Waals surface area contributed by atoms with E-state index in [-0.39, 0.29) is 12.2 Å². The van der Waals surface area contributed by atoms with E-state index in [1.165, 1.54) is 19.3 Å². The number of hydrogen-bond donors (Lipinski definition) is 0. The smallest absolute Gasteiger partial charge is 0.410 e. The van der Waals surface area contributed by atoms with Crippen molar-refractivity contribution in [2.24, 2.45) is 0 Å². The normalized spacial score (nSPS) is 25.2. The molecule has 1 saturated carbocycles. The second kappa shape index (κ2) is 5.01. The highest BCUT2D eigenvalue weighted by atomic mass is 16.6. The van der Waals surface area contributed by atoms with Crippen molar-refractivity contribution in [3.8, 4) is 0 Å². The Kier molecular flexibility index (Phi) is 3.22. The average molecular weight is 245 g/mol. The molecule has 0 radical (unpaired) electrons. The van der Waals surface area contributed by atoms with Gasteiger partial charge in [-0.3, -0.25) is 0 Å².